The van der Waals surface area contributed by atoms with Crippen LogP contribution in [0.5, 0.6) is 0 Å². The Morgan fingerprint density at radius 3 is 2.65 bits per heavy atom. The zero-order valence-corrected chi connectivity index (χ0v) is 9.96. The molecule has 0 saturated heterocycles. The summed E-state index contributed by atoms with van der Waals surface area (Å²) in [5, 5.41) is 2.41. The number of hydrogen-bond acceptors (Lipinski definition) is 0. The van der Waals surface area contributed by atoms with Crippen LogP contribution in [0.4, 0.5) is 4.39 Å². The molecule has 0 heterocycles. The van der Waals surface area contributed by atoms with E-state index in [1.165, 1.54) is 29.2 Å². The molecule has 2 fully saturated rings. The number of aryl methyl sites for hydroxylation is 1. The Hall–Kier alpha value is -1.37. The van der Waals surface area contributed by atoms with E-state index in [2.05, 4.69) is 25.1 Å². The standard InChI is InChI=1S/C16H15F/c1-2-10-4-3-5-11-6-7-13(17)15(14(10)11)16-8-12(16)9-16/h3-7,12H,2,8-9H2,1H3. The maximum absolute atomic E-state index is 14.2. The minimum absolute atomic E-state index is 0.0124. The third-order valence-corrected chi connectivity index (χ3v) is 4.64. The predicted molar refractivity (Wildman–Crippen MR) is 67.7 cm³/mol. The van der Waals surface area contributed by atoms with Crippen molar-refractivity contribution in [1.29, 1.82) is 0 Å². The second-order valence-electron chi connectivity index (χ2n) is 5.55. The van der Waals surface area contributed by atoms with Crippen molar-refractivity contribution in [3.8, 4) is 0 Å². The molecule has 0 unspecified atom stereocenters. The van der Waals surface area contributed by atoms with Crippen LogP contribution in [0.2, 0.25) is 0 Å². The molecule has 17 heavy (non-hydrogen) atoms. The zero-order valence-electron chi connectivity index (χ0n) is 9.96. The molecule has 0 bridgehead atoms. The van der Waals surface area contributed by atoms with Gasteiger partial charge in [-0.2, -0.15) is 0 Å². The molecule has 2 aliphatic carbocycles. The number of hydrogen-bond donors (Lipinski definition) is 0. The first-order valence-corrected chi connectivity index (χ1v) is 6.47. The summed E-state index contributed by atoms with van der Waals surface area (Å²) in [4.78, 5) is 0. The van der Waals surface area contributed by atoms with Crippen LogP contribution in [0.25, 0.3) is 10.8 Å². The predicted octanol–water partition coefficient (Wildman–Crippen LogP) is 4.20. The van der Waals surface area contributed by atoms with Gasteiger partial charge in [-0.05, 0) is 47.6 Å². The summed E-state index contributed by atoms with van der Waals surface area (Å²) in [5.41, 5.74) is 2.57. The largest absolute Gasteiger partial charge is 0.207 e. The summed E-state index contributed by atoms with van der Waals surface area (Å²) in [6.07, 6.45) is 3.40. The summed E-state index contributed by atoms with van der Waals surface area (Å²) in [7, 11) is 0. The van der Waals surface area contributed by atoms with Crippen LogP contribution in [0, 0.1) is 11.7 Å². The average Bonchev–Trinajstić information content (AvgIpc) is 3.17. The van der Waals surface area contributed by atoms with Crippen molar-refractivity contribution < 1.29 is 4.39 Å². The Labute approximate surface area is 100 Å². The highest BCUT2D eigenvalue weighted by Crippen LogP contribution is 2.76. The summed E-state index contributed by atoms with van der Waals surface area (Å²) in [5.74, 6) is 0.797. The minimum atomic E-state index is 0.0124. The topological polar surface area (TPSA) is 0 Å². The van der Waals surface area contributed by atoms with Gasteiger partial charge in [-0.3, -0.25) is 0 Å². The maximum Gasteiger partial charge on any atom is 0.127 e. The number of fused-ring (bicyclic) bond motifs is 2. The Bertz CT molecular complexity index is 621. The molecular formula is C16H15F. The highest BCUT2D eigenvalue weighted by Gasteiger charge is 2.71. The van der Waals surface area contributed by atoms with E-state index in [1.54, 1.807) is 6.07 Å². The van der Waals surface area contributed by atoms with Gasteiger partial charge in [0.2, 0.25) is 0 Å². The molecule has 0 aliphatic heterocycles. The molecule has 0 radical (unpaired) electrons. The number of halogens is 1. The van der Waals surface area contributed by atoms with E-state index in [0.29, 0.717) is 0 Å². The van der Waals surface area contributed by atoms with Crippen LogP contribution in [-0.2, 0) is 11.8 Å². The van der Waals surface area contributed by atoms with E-state index in [-0.39, 0.29) is 11.2 Å². The van der Waals surface area contributed by atoms with Crippen molar-refractivity contribution >= 4 is 10.8 Å². The molecule has 2 aliphatic rings. The van der Waals surface area contributed by atoms with E-state index in [0.717, 1.165) is 17.9 Å². The minimum Gasteiger partial charge on any atom is -0.207 e. The molecule has 0 amide bonds. The van der Waals surface area contributed by atoms with E-state index < -0.39 is 0 Å². The molecule has 0 spiro atoms. The van der Waals surface area contributed by atoms with E-state index in [1.807, 2.05) is 6.07 Å². The zero-order chi connectivity index (χ0) is 11.6. The van der Waals surface area contributed by atoms with Crippen molar-refractivity contribution in [3.63, 3.8) is 0 Å². The molecule has 4 rings (SSSR count). The fraction of sp³-hybridized carbons (Fsp3) is 0.375. The highest BCUT2D eigenvalue weighted by atomic mass is 19.1. The summed E-state index contributed by atoms with van der Waals surface area (Å²) >= 11 is 0. The van der Waals surface area contributed by atoms with E-state index >= 15 is 0 Å². The quantitative estimate of drug-likeness (QED) is 0.719. The molecule has 0 atom stereocenters. The third kappa shape index (κ3) is 1.12. The van der Waals surface area contributed by atoms with Crippen LogP contribution >= 0.6 is 0 Å². The van der Waals surface area contributed by atoms with Crippen molar-refractivity contribution in [3.05, 3.63) is 47.3 Å². The third-order valence-electron chi connectivity index (χ3n) is 4.64. The van der Waals surface area contributed by atoms with Crippen LogP contribution in [-0.4, -0.2) is 0 Å². The van der Waals surface area contributed by atoms with Crippen molar-refractivity contribution in [1.82, 2.24) is 0 Å². The van der Waals surface area contributed by atoms with Crippen molar-refractivity contribution in [2.75, 3.05) is 0 Å². The number of rotatable bonds is 2. The average molecular weight is 226 g/mol. The molecule has 2 saturated carbocycles. The van der Waals surface area contributed by atoms with Gasteiger partial charge >= 0.3 is 0 Å². The smallest absolute Gasteiger partial charge is 0.127 e. The second-order valence-corrected chi connectivity index (χ2v) is 5.55. The number of benzene rings is 2. The van der Waals surface area contributed by atoms with E-state index in [9.17, 15) is 4.39 Å². The monoisotopic (exact) mass is 226 g/mol. The Balaban J connectivity index is 2.11. The molecular weight excluding hydrogens is 211 g/mol. The Kier molecular flexibility index (Phi) is 1.64. The summed E-state index contributed by atoms with van der Waals surface area (Å²) < 4.78 is 14.2. The van der Waals surface area contributed by atoms with Crippen LogP contribution in [0.3, 0.4) is 0 Å². The van der Waals surface area contributed by atoms with Gasteiger partial charge < -0.3 is 0 Å². The fourth-order valence-corrected chi connectivity index (χ4v) is 3.32. The molecule has 0 N–H and O–H groups in total. The molecule has 2 aromatic rings. The summed E-state index contributed by atoms with van der Waals surface area (Å²) in [6, 6.07) is 9.90. The molecule has 86 valence electrons. The van der Waals surface area contributed by atoms with Gasteiger partial charge in [-0.15, -0.1) is 0 Å². The highest BCUT2D eigenvalue weighted by molar-refractivity contribution is 5.91. The lowest BCUT2D eigenvalue weighted by Crippen LogP contribution is -2.01. The van der Waals surface area contributed by atoms with Crippen LogP contribution < -0.4 is 0 Å². The van der Waals surface area contributed by atoms with Crippen molar-refractivity contribution in [2.45, 2.75) is 31.6 Å². The van der Waals surface area contributed by atoms with Gasteiger partial charge in [-0.25, -0.2) is 4.39 Å². The maximum atomic E-state index is 14.2. The van der Waals surface area contributed by atoms with Gasteiger partial charge in [0, 0.05) is 11.0 Å². The fourth-order valence-electron chi connectivity index (χ4n) is 3.32. The molecule has 2 aromatic carbocycles. The van der Waals surface area contributed by atoms with Crippen LogP contribution in [0.1, 0.15) is 30.9 Å². The first-order chi connectivity index (χ1) is 8.26. The van der Waals surface area contributed by atoms with Gasteiger partial charge in [0.05, 0.1) is 0 Å². The van der Waals surface area contributed by atoms with E-state index in [4.69, 9.17) is 0 Å². The molecule has 0 aromatic heterocycles. The lowest BCUT2D eigenvalue weighted by molar-refractivity contribution is 0.601. The van der Waals surface area contributed by atoms with Gasteiger partial charge in [0.15, 0.2) is 0 Å². The normalized spacial score (nSPS) is 29.2. The lowest BCUT2D eigenvalue weighted by atomic mass is 9.91. The van der Waals surface area contributed by atoms with Gasteiger partial charge in [-0.1, -0.05) is 31.2 Å². The second kappa shape index (κ2) is 2.90. The Morgan fingerprint density at radius 2 is 2.00 bits per heavy atom. The van der Waals surface area contributed by atoms with Crippen LogP contribution in [0.15, 0.2) is 30.3 Å². The van der Waals surface area contributed by atoms with Gasteiger partial charge in [0.25, 0.3) is 0 Å². The molecule has 0 nitrogen and oxygen atoms in total. The summed E-state index contributed by atoms with van der Waals surface area (Å²) in [6.45, 7) is 2.15. The first kappa shape index (κ1) is 9.64. The lowest BCUT2D eigenvalue weighted by Gasteiger charge is -2.14. The molecule has 1 heteroatoms. The SMILES string of the molecule is CCc1cccc2ccc(F)c(C34CC3C4)c12. The first-order valence-electron chi connectivity index (χ1n) is 6.47. The van der Waals surface area contributed by atoms with Crippen molar-refractivity contribution in [2.24, 2.45) is 5.92 Å². The Morgan fingerprint density at radius 1 is 1.24 bits per heavy atom. The van der Waals surface area contributed by atoms with Gasteiger partial charge in [0.1, 0.15) is 5.82 Å².